The van der Waals surface area contributed by atoms with Crippen molar-refractivity contribution in [3.05, 3.63) is 53.8 Å². The van der Waals surface area contributed by atoms with Gasteiger partial charge in [-0.2, -0.15) is 0 Å². The van der Waals surface area contributed by atoms with Gasteiger partial charge in [0, 0.05) is 5.56 Å². The van der Waals surface area contributed by atoms with Gasteiger partial charge in [0.15, 0.2) is 0 Å². The maximum absolute atomic E-state index is 13.3. The van der Waals surface area contributed by atoms with Gasteiger partial charge in [0.2, 0.25) is 0 Å². The second-order valence-corrected chi connectivity index (χ2v) is 3.70. The molecule has 1 N–H and O–H groups in total. The van der Waals surface area contributed by atoms with E-state index in [1.54, 1.807) is 18.2 Å². The molecular weight excluding hydrogens is 235 g/mol. The normalized spacial score (nSPS) is 10.1. The predicted molar refractivity (Wildman–Crippen MR) is 65.3 cm³/mol. The van der Waals surface area contributed by atoms with E-state index in [2.05, 4.69) is 0 Å². The van der Waals surface area contributed by atoms with Gasteiger partial charge >= 0.3 is 5.97 Å². The SMILES string of the molecule is COc1ccc(F)cc1-c1ccccc1C(=O)O. The van der Waals surface area contributed by atoms with Gasteiger partial charge in [-0.15, -0.1) is 0 Å². The first-order chi connectivity index (χ1) is 8.63. The first-order valence-corrected chi connectivity index (χ1v) is 5.29. The van der Waals surface area contributed by atoms with Crippen LogP contribution in [0, 0.1) is 5.82 Å². The van der Waals surface area contributed by atoms with Crippen molar-refractivity contribution in [2.24, 2.45) is 0 Å². The Bertz CT molecular complexity index is 593. The van der Waals surface area contributed by atoms with Gasteiger partial charge in [0.25, 0.3) is 0 Å². The topological polar surface area (TPSA) is 46.5 Å². The van der Waals surface area contributed by atoms with Crippen LogP contribution in [-0.2, 0) is 0 Å². The Morgan fingerprint density at radius 3 is 2.56 bits per heavy atom. The van der Waals surface area contributed by atoms with E-state index in [1.165, 1.54) is 31.4 Å². The van der Waals surface area contributed by atoms with Crippen LogP contribution >= 0.6 is 0 Å². The summed E-state index contributed by atoms with van der Waals surface area (Å²) in [5.74, 6) is -1.06. The van der Waals surface area contributed by atoms with Gasteiger partial charge in [-0.25, -0.2) is 9.18 Å². The summed E-state index contributed by atoms with van der Waals surface area (Å²) in [6, 6.07) is 10.4. The van der Waals surface area contributed by atoms with Crippen molar-refractivity contribution in [1.29, 1.82) is 0 Å². The molecule has 0 atom stereocenters. The molecule has 0 saturated heterocycles. The van der Waals surface area contributed by atoms with Crippen LogP contribution in [0.15, 0.2) is 42.5 Å². The summed E-state index contributed by atoms with van der Waals surface area (Å²) in [5.41, 5.74) is 0.971. The summed E-state index contributed by atoms with van der Waals surface area (Å²) in [6.07, 6.45) is 0. The monoisotopic (exact) mass is 246 g/mol. The lowest BCUT2D eigenvalue weighted by molar-refractivity contribution is 0.0697. The molecule has 0 saturated carbocycles. The molecule has 3 nitrogen and oxygen atoms in total. The van der Waals surface area contributed by atoms with Crippen LogP contribution in [0.4, 0.5) is 4.39 Å². The zero-order chi connectivity index (χ0) is 13.1. The molecule has 2 aromatic rings. The summed E-state index contributed by atoms with van der Waals surface area (Å²) in [6.45, 7) is 0. The predicted octanol–water partition coefficient (Wildman–Crippen LogP) is 3.20. The molecule has 2 aromatic carbocycles. The smallest absolute Gasteiger partial charge is 0.336 e. The molecule has 4 heteroatoms. The lowest BCUT2D eigenvalue weighted by Crippen LogP contribution is -2.00. The lowest BCUT2D eigenvalue weighted by atomic mass is 9.99. The maximum Gasteiger partial charge on any atom is 0.336 e. The Kier molecular flexibility index (Phi) is 3.28. The minimum Gasteiger partial charge on any atom is -0.496 e. The first-order valence-electron chi connectivity index (χ1n) is 5.29. The summed E-state index contributed by atoms with van der Waals surface area (Å²) in [4.78, 5) is 11.1. The van der Waals surface area contributed by atoms with Crippen LogP contribution in [0.5, 0.6) is 5.75 Å². The fraction of sp³-hybridized carbons (Fsp3) is 0.0714. The van der Waals surface area contributed by atoms with Crippen LogP contribution in [0.25, 0.3) is 11.1 Å². The largest absolute Gasteiger partial charge is 0.496 e. The first kappa shape index (κ1) is 12.1. The fourth-order valence-corrected chi connectivity index (χ4v) is 1.80. The quantitative estimate of drug-likeness (QED) is 0.904. The molecule has 0 fully saturated rings. The zero-order valence-corrected chi connectivity index (χ0v) is 9.68. The highest BCUT2D eigenvalue weighted by Crippen LogP contribution is 2.32. The molecule has 0 aliphatic heterocycles. The molecule has 92 valence electrons. The average Bonchev–Trinajstić information content (AvgIpc) is 2.38. The Hall–Kier alpha value is -2.36. The number of hydrogen-bond acceptors (Lipinski definition) is 2. The second kappa shape index (κ2) is 4.87. The van der Waals surface area contributed by atoms with Gasteiger partial charge in [-0.05, 0) is 29.8 Å². The molecule has 0 aliphatic rings. The molecule has 0 radical (unpaired) electrons. The molecule has 0 bridgehead atoms. The number of halogens is 1. The number of carbonyl (C=O) groups is 1. The Morgan fingerprint density at radius 2 is 1.89 bits per heavy atom. The third-order valence-electron chi connectivity index (χ3n) is 2.61. The van der Waals surface area contributed by atoms with Gasteiger partial charge < -0.3 is 9.84 Å². The van der Waals surface area contributed by atoms with Crippen LogP contribution < -0.4 is 4.74 Å². The van der Waals surface area contributed by atoms with E-state index in [-0.39, 0.29) is 5.56 Å². The minimum absolute atomic E-state index is 0.112. The summed E-state index contributed by atoms with van der Waals surface area (Å²) >= 11 is 0. The molecule has 0 heterocycles. The molecule has 0 aromatic heterocycles. The lowest BCUT2D eigenvalue weighted by Gasteiger charge is -2.11. The van der Waals surface area contributed by atoms with Crippen molar-refractivity contribution < 1.29 is 19.0 Å². The third-order valence-corrected chi connectivity index (χ3v) is 2.61. The molecule has 18 heavy (non-hydrogen) atoms. The summed E-state index contributed by atoms with van der Waals surface area (Å²) in [7, 11) is 1.46. The molecule has 0 aliphatic carbocycles. The standard InChI is InChI=1S/C14H11FO3/c1-18-13-7-6-9(15)8-12(13)10-4-2-3-5-11(10)14(16)17/h2-8H,1H3,(H,16,17). The van der Waals surface area contributed by atoms with E-state index in [9.17, 15) is 9.18 Å². The summed E-state index contributed by atoms with van der Waals surface area (Å²) in [5, 5.41) is 9.13. The van der Waals surface area contributed by atoms with Gasteiger partial charge in [0.05, 0.1) is 12.7 Å². The Morgan fingerprint density at radius 1 is 1.17 bits per heavy atom. The highest BCUT2D eigenvalue weighted by Gasteiger charge is 2.14. The van der Waals surface area contributed by atoms with Gasteiger partial charge in [-0.3, -0.25) is 0 Å². The maximum atomic E-state index is 13.3. The Balaban J connectivity index is 2.68. The third kappa shape index (κ3) is 2.18. The highest BCUT2D eigenvalue weighted by atomic mass is 19.1. The van der Waals surface area contributed by atoms with E-state index in [1.807, 2.05) is 0 Å². The van der Waals surface area contributed by atoms with E-state index in [0.29, 0.717) is 16.9 Å². The van der Waals surface area contributed by atoms with E-state index < -0.39 is 11.8 Å². The summed E-state index contributed by atoms with van der Waals surface area (Å²) < 4.78 is 18.4. The second-order valence-electron chi connectivity index (χ2n) is 3.70. The zero-order valence-electron chi connectivity index (χ0n) is 9.68. The van der Waals surface area contributed by atoms with Crippen molar-refractivity contribution in [1.82, 2.24) is 0 Å². The number of methoxy groups -OCH3 is 1. The van der Waals surface area contributed by atoms with E-state index in [4.69, 9.17) is 9.84 Å². The number of benzene rings is 2. The number of aromatic carboxylic acids is 1. The van der Waals surface area contributed by atoms with Crippen molar-refractivity contribution in [2.75, 3.05) is 7.11 Å². The van der Waals surface area contributed by atoms with Crippen molar-refractivity contribution in [3.63, 3.8) is 0 Å². The molecular formula is C14H11FO3. The minimum atomic E-state index is -1.06. The van der Waals surface area contributed by atoms with E-state index in [0.717, 1.165) is 0 Å². The van der Waals surface area contributed by atoms with Crippen LogP contribution in [0.1, 0.15) is 10.4 Å². The number of carboxylic acid groups (broad SMARTS) is 1. The number of rotatable bonds is 3. The number of hydrogen-bond donors (Lipinski definition) is 1. The molecule has 0 amide bonds. The Labute approximate surface area is 103 Å². The van der Waals surface area contributed by atoms with Gasteiger partial charge in [0.1, 0.15) is 11.6 Å². The van der Waals surface area contributed by atoms with Crippen molar-refractivity contribution >= 4 is 5.97 Å². The van der Waals surface area contributed by atoms with E-state index >= 15 is 0 Å². The fourth-order valence-electron chi connectivity index (χ4n) is 1.80. The van der Waals surface area contributed by atoms with Crippen molar-refractivity contribution in [2.45, 2.75) is 0 Å². The van der Waals surface area contributed by atoms with Crippen LogP contribution in [0.3, 0.4) is 0 Å². The average molecular weight is 246 g/mol. The molecule has 0 spiro atoms. The van der Waals surface area contributed by atoms with Crippen LogP contribution in [-0.4, -0.2) is 18.2 Å². The van der Waals surface area contributed by atoms with Crippen molar-refractivity contribution in [3.8, 4) is 16.9 Å². The van der Waals surface area contributed by atoms with Gasteiger partial charge in [-0.1, -0.05) is 18.2 Å². The number of carboxylic acids is 1. The van der Waals surface area contributed by atoms with Crippen LogP contribution in [0.2, 0.25) is 0 Å². The molecule has 0 unspecified atom stereocenters. The number of ether oxygens (including phenoxy) is 1. The highest BCUT2D eigenvalue weighted by molar-refractivity contribution is 5.96. The molecule has 2 rings (SSSR count).